The predicted octanol–water partition coefficient (Wildman–Crippen LogP) is 2.67. The molecule has 1 aromatic carbocycles. The Hall–Kier alpha value is -2.29. The molecule has 0 fully saturated rings. The lowest BCUT2D eigenvalue weighted by molar-refractivity contribution is 0.836. The molecule has 84 valence electrons. The molecule has 0 radical (unpaired) electrons. The van der Waals surface area contributed by atoms with Crippen molar-refractivity contribution < 1.29 is 0 Å². The average Bonchev–Trinajstić information content (AvgIpc) is 2.75. The second kappa shape index (κ2) is 3.94. The second-order valence-electron chi connectivity index (χ2n) is 4.06. The fraction of sp³-hybridized carbons (Fsp3) is 0.0714. The van der Waals surface area contributed by atoms with Gasteiger partial charge >= 0.3 is 0 Å². The van der Waals surface area contributed by atoms with E-state index < -0.39 is 0 Å². The van der Waals surface area contributed by atoms with E-state index in [-0.39, 0.29) is 0 Å². The Morgan fingerprint density at radius 2 is 1.88 bits per heavy atom. The molecular weight excluding hydrogens is 210 g/mol. The number of fused-ring (bicyclic) bond motifs is 1. The van der Waals surface area contributed by atoms with Crippen LogP contribution < -0.4 is 5.73 Å². The van der Waals surface area contributed by atoms with Gasteiger partial charge in [-0.25, -0.2) is 4.98 Å². The van der Waals surface area contributed by atoms with Crippen LogP contribution in [-0.2, 0) is 6.54 Å². The Labute approximate surface area is 99.5 Å². The first-order chi connectivity index (χ1) is 8.34. The Bertz CT molecular complexity index is 641. The molecule has 0 saturated heterocycles. The van der Waals surface area contributed by atoms with Crippen molar-refractivity contribution in [2.45, 2.75) is 6.54 Å². The maximum absolute atomic E-state index is 5.92. The van der Waals surface area contributed by atoms with Gasteiger partial charge in [0.05, 0.1) is 5.52 Å². The average molecular weight is 223 g/mol. The van der Waals surface area contributed by atoms with Crippen molar-refractivity contribution in [2.24, 2.45) is 0 Å². The third kappa shape index (κ3) is 1.76. The summed E-state index contributed by atoms with van der Waals surface area (Å²) in [4.78, 5) is 4.14. The van der Waals surface area contributed by atoms with Gasteiger partial charge in [0.15, 0.2) is 0 Å². The van der Waals surface area contributed by atoms with E-state index >= 15 is 0 Å². The van der Waals surface area contributed by atoms with E-state index in [9.17, 15) is 0 Å². The van der Waals surface area contributed by atoms with Crippen molar-refractivity contribution in [2.75, 3.05) is 5.73 Å². The molecule has 2 N–H and O–H groups in total. The third-order valence-electron chi connectivity index (χ3n) is 2.90. The van der Waals surface area contributed by atoms with E-state index in [1.165, 1.54) is 5.56 Å². The Balaban J connectivity index is 2.07. The first-order valence-electron chi connectivity index (χ1n) is 5.58. The van der Waals surface area contributed by atoms with Gasteiger partial charge in [0.25, 0.3) is 0 Å². The zero-order chi connectivity index (χ0) is 11.7. The van der Waals surface area contributed by atoms with Crippen LogP contribution >= 0.6 is 0 Å². The molecule has 2 aromatic heterocycles. The van der Waals surface area contributed by atoms with Crippen LogP contribution in [0.3, 0.4) is 0 Å². The smallest absolute Gasteiger partial charge is 0.147 e. The summed E-state index contributed by atoms with van der Waals surface area (Å²) < 4.78 is 2.13. The Morgan fingerprint density at radius 3 is 2.71 bits per heavy atom. The molecule has 0 unspecified atom stereocenters. The zero-order valence-corrected chi connectivity index (χ0v) is 9.38. The lowest BCUT2D eigenvalue weighted by atomic mass is 10.2. The number of benzene rings is 1. The molecule has 3 aromatic rings. The lowest BCUT2D eigenvalue weighted by Gasteiger charge is -2.06. The van der Waals surface area contributed by atoms with E-state index in [1.54, 1.807) is 6.20 Å². The maximum atomic E-state index is 5.92. The number of nitrogens with two attached hydrogens (primary N) is 1. The van der Waals surface area contributed by atoms with Gasteiger partial charge in [-0.05, 0) is 17.7 Å². The van der Waals surface area contributed by atoms with E-state index in [0.717, 1.165) is 17.4 Å². The third-order valence-corrected chi connectivity index (χ3v) is 2.90. The van der Waals surface area contributed by atoms with Crippen LogP contribution in [0.15, 0.2) is 54.9 Å². The SMILES string of the molecule is Nc1nccc2ccn(Cc3ccccc3)c12. The number of pyridine rings is 1. The molecule has 2 heterocycles. The summed E-state index contributed by atoms with van der Waals surface area (Å²) in [5, 5.41) is 1.13. The summed E-state index contributed by atoms with van der Waals surface area (Å²) in [5.74, 6) is 0.587. The molecule has 0 spiro atoms. The Morgan fingerprint density at radius 1 is 1.06 bits per heavy atom. The fourth-order valence-electron chi connectivity index (χ4n) is 2.09. The predicted molar refractivity (Wildman–Crippen MR) is 69.7 cm³/mol. The molecule has 17 heavy (non-hydrogen) atoms. The minimum absolute atomic E-state index is 0.587. The second-order valence-corrected chi connectivity index (χ2v) is 4.06. The van der Waals surface area contributed by atoms with Gasteiger partial charge in [0.2, 0.25) is 0 Å². The molecule has 3 rings (SSSR count). The standard InChI is InChI=1S/C14H13N3/c15-14-13-12(6-8-16-14)7-9-17(13)10-11-4-2-1-3-5-11/h1-9H,10H2,(H2,15,16). The summed E-state index contributed by atoms with van der Waals surface area (Å²) in [7, 11) is 0. The number of hydrogen-bond donors (Lipinski definition) is 1. The minimum Gasteiger partial charge on any atom is -0.382 e. The highest BCUT2D eigenvalue weighted by Gasteiger charge is 2.05. The fourth-order valence-corrected chi connectivity index (χ4v) is 2.09. The van der Waals surface area contributed by atoms with Crippen LogP contribution in [0.2, 0.25) is 0 Å². The van der Waals surface area contributed by atoms with Gasteiger partial charge in [0, 0.05) is 24.3 Å². The van der Waals surface area contributed by atoms with E-state index in [1.807, 2.05) is 24.3 Å². The zero-order valence-electron chi connectivity index (χ0n) is 9.38. The summed E-state index contributed by atoms with van der Waals surface area (Å²) in [6, 6.07) is 14.4. The van der Waals surface area contributed by atoms with Crippen LogP contribution in [-0.4, -0.2) is 9.55 Å². The first-order valence-corrected chi connectivity index (χ1v) is 5.58. The van der Waals surface area contributed by atoms with Crippen LogP contribution in [0.5, 0.6) is 0 Å². The highest BCUT2D eigenvalue weighted by Crippen LogP contribution is 2.20. The van der Waals surface area contributed by atoms with Gasteiger partial charge < -0.3 is 10.3 Å². The van der Waals surface area contributed by atoms with Crippen LogP contribution in [0.25, 0.3) is 10.9 Å². The van der Waals surface area contributed by atoms with Gasteiger partial charge in [-0.2, -0.15) is 0 Å². The number of aromatic nitrogens is 2. The van der Waals surface area contributed by atoms with Crippen molar-refractivity contribution in [3.63, 3.8) is 0 Å². The van der Waals surface area contributed by atoms with Crippen molar-refractivity contribution in [1.82, 2.24) is 9.55 Å². The number of nitrogen functional groups attached to an aromatic ring is 1. The van der Waals surface area contributed by atoms with E-state index in [0.29, 0.717) is 5.82 Å². The van der Waals surface area contributed by atoms with E-state index in [4.69, 9.17) is 5.73 Å². The van der Waals surface area contributed by atoms with E-state index in [2.05, 4.69) is 33.9 Å². The van der Waals surface area contributed by atoms with Crippen molar-refractivity contribution >= 4 is 16.7 Å². The highest BCUT2D eigenvalue weighted by molar-refractivity contribution is 5.88. The number of rotatable bonds is 2. The monoisotopic (exact) mass is 223 g/mol. The summed E-state index contributed by atoms with van der Waals surface area (Å²) in [5.41, 5.74) is 8.19. The molecule has 0 aliphatic heterocycles. The van der Waals surface area contributed by atoms with Gasteiger partial charge in [-0.15, -0.1) is 0 Å². The quantitative estimate of drug-likeness (QED) is 0.725. The van der Waals surface area contributed by atoms with Crippen molar-refractivity contribution in [3.8, 4) is 0 Å². The molecule has 0 aliphatic rings. The normalized spacial score (nSPS) is 10.8. The number of anilines is 1. The van der Waals surface area contributed by atoms with Crippen LogP contribution in [0.4, 0.5) is 5.82 Å². The molecule has 0 atom stereocenters. The van der Waals surface area contributed by atoms with Gasteiger partial charge in [-0.3, -0.25) is 0 Å². The summed E-state index contributed by atoms with van der Waals surface area (Å²) in [6.45, 7) is 0.820. The Kier molecular flexibility index (Phi) is 2.29. The molecule has 0 aliphatic carbocycles. The molecule has 0 saturated carbocycles. The summed E-state index contributed by atoms with van der Waals surface area (Å²) >= 11 is 0. The minimum atomic E-state index is 0.587. The maximum Gasteiger partial charge on any atom is 0.147 e. The van der Waals surface area contributed by atoms with Crippen LogP contribution in [0.1, 0.15) is 5.56 Å². The van der Waals surface area contributed by atoms with Crippen LogP contribution in [0, 0.1) is 0 Å². The molecule has 3 heteroatoms. The molecule has 3 nitrogen and oxygen atoms in total. The topological polar surface area (TPSA) is 43.8 Å². The van der Waals surface area contributed by atoms with Gasteiger partial charge in [-0.1, -0.05) is 30.3 Å². The molecular formula is C14H13N3. The van der Waals surface area contributed by atoms with Gasteiger partial charge in [0.1, 0.15) is 5.82 Å². The van der Waals surface area contributed by atoms with Crippen molar-refractivity contribution in [1.29, 1.82) is 0 Å². The number of nitrogens with zero attached hydrogens (tertiary/aromatic N) is 2. The molecule has 0 amide bonds. The highest BCUT2D eigenvalue weighted by atomic mass is 15.0. The lowest BCUT2D eigenvalue weighted by Crippen LogP contribution is -2.01. The largest absolute Gasteiger partial charge is 0.382 e. The first kappa shape index (κ1) is 9.90. The summed E-state index contributed by atoms with van der Waals surface area (Å²) in [6.07, 6.45) is 3.79. The van der Waals surface area contributed by atoms with Crippen molar-refractivity contribution in [3.05, 3.63) is 60.4 Å². The number of hydrogen-bond acceptors (Lipinski definition) is 2. The molecule has 0 bridgehead atoms.